The van der Waals surface area contributed by atoms with Crippen molar-refractivity contribution in [3.63, 3.8) is 0 Å². The fourth-order valence-electron chi connectivity index (χ4n) is 8.72. The molecule has 4 aromatic rings. The minimum atomic E-state index is -0.658. The minimum Gasteiger partial charge on any atom is -0.461 e. The zero-order chi connectivity index (χ0) is 31.4. The number of nitrogens with two attached hydrogens (primary N) is 1. The summed E-state index contributed by atoms with van der Waals surface area (Å²) in [5.41, 5.74) is 7.09. The normalized spacial score (nSPS) is 28.7. The summed E-state index contributed by atoms with van der Waals surface area (Å²) >= 11 is 7.89. The summed E-state index contributed by atoms with van der Waals surface area (Å²) in [5, 5.41) is 4.71. The molecule has 8 nitrogen and oxygen atoms in total. The van der Waals surface area contributed by atoms with Gasteiger partial charge in [-0.2, -0.15) is 9.97 Å². The number of aromatic nitrogens is 3. The molecule has 9 rings (SSSR count). The average molecular weight is 668 g/mol. The van der Waals surface area contributed by atoms with E-state index < -0.39 is 11.6 Å². The van der Waals surface area contributed by atoms with Crippen LogP contribution in [0, 0.1) is 17.6 Å². The van der Waals surface area contributed by atoms with Crippen molar-refractivity contribution in [1.29, 1.82) is 0 Å². The number of halogens is 4. The van der Waals surface area contributed by atoms with Crippen LogP contribution < -0.4 is 20.7 Å². The van der Waals surface area contributed by atoms with Gasteiger partial charge in [-0.3, -0.25) is 4.90 Å². The molecule has 0 amide bonds. The maximum atomic E-state index is 16.9. The number of ether oxygens (including phenoxy) is 1. The molecule has 1 aliphatic carbocycles. The van der Waals surface area contributed by atoms with Crippen LogP contribution in [-0.2, 0) is 0 Å². The van der Waals surface area contributed by atoms with Gasteiger partial charge in [-0.25, -0.2) is 18.2 Å². The van der Waals surface area contributed by atoms with Crippen molar-refractivity contribution in [2.75, 3.05) is 43.4 Å². The highest BCUT2D eigenvalue weighted by Crippen LogP contribution is 2.49. The Morgan fingerprint density at radius 3 is 2.85 bits per heavy atom. The van der Waals surface area contributed by atoms with E-state index in [4.69, 9.17) is 27.1 Å². The second-order valence-electron chi connectivity index (χ2n) is 13.8. The Bertz CT molecular complexity index is 1950. The molecule has 6 heterocycles. The van der Waals surface area contributed by atoms with E-state index in [2.05, 4.69) is 25.1 Å². The smallest absolute Gasteiger partial charge is 0.319 e. The number of rotatable bonds is 6. The number of piperazine rings is 1. The second-order valence-corrected chi connectivity index (χ2v) is 15.2. The number of nitrogens with zero attached hydrogens (tertiary/aromatic N) is 5. The van der Waals surface area contributed by atoms with Gasteiger partial charge in [0.15, 0.2) is 10.9 Å². The Balaban J connectivity index is 1.18. The molecule has 2 aromatic carbocycles. The fraction of sp³-hybridized carbons (Fsp3) is 0.485. The Kier molecular flexibility index (Phi) is 6.56. The lowest BCUT2D eigenvalue weighted by atomic mass is 9.90. The van der Waals surface area contributed by atoms with Gasteiger partial charge in [0, 0.05) is 47.7 Å². The van der Waals surface area contributed by atoms with Gasteiger partial charge in [0.1, 0.15) is 23.8 Å². The predicted molar refractivity (Wildman–Crippen MR) is 174 cm³/mol. The number of thiazole rings is 1. The molecule has 46 heavy (non-hydrogen) atoms. The van der Waals surface area contributed by atoms with Crippen molar-refractivity contribution in [3.05, 3.63) is 46.8 Å². The van der Waals surface area contributed by atoms with Crippen LogP contribution in [0.15, 0.2) is 30.1 Å². The number of hydrogen-bond acceptors (Lipinski definition) is 9. The number of anilines is 2. The SMILES string of the molecule is Nc1nc2c(-c3c(Cl)cc4c(N5C[C@@H]6CC[C@](C7CC7)(C5)N6)nc(OC[C@@]56CCCN5C/C(=C/F)C6)nc4c3F)ccc(F)c2s1. The van der Waals surface area contributed by atoms with Crippen LogP contribution in [0.2, 0.25) is 5.02 Å². The lowest BCUT2D eigenvalue weighted by Gasteiger charge is -2.42. The summed E-state index contributed by atoms with van der Waals surface area (Å²) in [4.78, 5) is 18.4. The van der Waals surface area contributed by atoms with Crippen molar-refractivity contribution >= 4 is 55.0 Å². The Morgan fingerprint density at radius 2 is 2.02 bits per heavy atom. The van der Waals surface area contributed by atoms with Gasteiger partial charge >= 0.3 is 6.01 Å². The molecule has 5 fully saturated rings. The van der Waals surface area contributed by atoms with Gasteiger partial charge in [-0.15, -0.1) is 0 Å². The summed E-state index contributed by atoms with van der Waals surface area (Å²) < 4.78 is 51.8. The van der Waals surface area contributed by atoms with Crippen LogP contribution in [0.1, 0.15) is 44.9 Å². The van der Waals surface area contributed by atoms with E-state index in [1.165, 1.54) is 25.0 Å². The molecular formula is C33H33ClF3N7OS. The average Bonchev–Trinajstić information content (AvgIpc) is 3.44. The zero-order valence-electron chi connectivity index (χ0n) is 25.1. The molecule has 3 atom stereocenters. The van der Waals surface area contributed by atoms with Crippen LogP contribution in [0.25, 0.3) is 32.2 Å². The molecule has 0 unspecified atom stereocenters. The van der Waals surface area contributed by atoms with Gasteiger partial charge in [0.05, 0.1) is 27.1 Å². The third-order valence-electron chi connectivity index (χ3n) is 10.9. The molecule has 0 spiro atoms. The topological polar surface area (TPSA) is 92.4 Å². The quantitative estimate of drug-likeness (QED) is 0.237. The molecule has 3 N–H and O–H groups in total. The Labute approximate surface area is 272 Å². The highest BCUT2D eigenvalue weighted by molar-refractivity contribution is 7.22. The van der Waals surface area contributed by atoms with Gasteiger partial charge in [0.2, 0.25) is 0 Å². The lowest BCUT2D eigenvalue weighted by molar-refractivity contribution is 0.108. The second kappa shape index (κ2) is 10.4. The van der Waals surface area contributed by atoms with Gasteiger partial charge in [0.25, 0.3) is 0 Å². The Hall–Kier alpha value is -3.19. The first kappa shape index (κ1) is 29.0. The van der Waals surface area contributed by atoms with Crippen molar-refractivity contribution in [2.24, 2.45) is 5.92 Å². The predicted octanol–water partition coefficient (Wildman–Crippen LogP) is 6.61. The molecule has 1 saturated carbocycles. The van der Waals surface area contributed by atoms with E-state index in [-0.39, 0.29) is 55.1 Å². The third-order valence-corrected chi connectivity index (χ3v) is 12.1. The summed E-state index contributed by atoms with van der Waals surface area (Å²) in [7, 11) is 0. The maximum absolute atomic E-state index is 16.9. The maximum Gasteiger partial charge on any atom is 0.319 e. The fourth-order valence-corrected chi connectivity index (χ4v) is 9.78. The minimum absolute atomic E-state index is 0.00994. The van der Waals surface area contributed by atoms with Gasteiger partial charge in [-0.05, 0) is 81.2 Å². The lowest BCUT2D eigenvalue weighted by Crippen LogP contribution is -2.61. The van der Waals surface area contributed by atoms with Crippen molar-refractivity contribution < 1.29 is 17.9 Å². The van der Waals surface area contributed by atoms with E-state index in [9.17, 15) is 8.78 Å². The number of hydrogen-bond donors (Lipinski definition) is 2. The summed E-state index contributed by atoms with van der Waals surface area (Å²) in [6.07, 6.45) is 7.76. The van der Waals surface area contributed by atoms with Crippen LogP contribution >= 0.6 is 22.9 Å². The monoisotopic (exact) mass is 667 g/mol. The standard InChI is InChI=1S/C33H33ClF3N7OS/c34-22-10-21-26(25(37)24(22)20-4-5-23(36)28-27(20)39-30(38)46-28)40-31(45-16-32-7-1-9-44(32)13-17(11-32)12-35)41-29(21)43-14-19-6-8-33(15-43,42-19)18-2-3-18/h4-5,10,12,18-19,42H,1-3,6-9,11,13-16H2,(H2,38,39)/b17-12+/t19-,32-,33+/m0/s1. The first-order valence-corrected chi connectivity index (χ1v) is 17.2. The van der Waals surface area contributed by atoms with Crippen LogP contribution in [0.5, 0.6) is 6.01 Å². The number of nitrogens with one attached hydrogen (secondary N) is 1. The first-order valence-electron chi connectivity index (χ1n) is 16.0. The van der Waals surface area contributed by atoms with Gasteiger partial charge < -0.3 is 20.7 Å². The Morgan fingerprint density at radius 1 is 1.15 bits per heavy atom. The number of fused-ring (bicyclic) bond motifs is 5. The van der Waals surface area contributed by atoms with E-state index in [1.807, 2.05) is 0 Å². The zero-order valence-corrected chi connectivity index (χ0v) is 26.7. The van der Waals surface area contributed by atoms with Crippen LogP contribution in [0.3, 0.4) is 0 Å². The molecule has 0 radical (unpaired) electrons. The van der Waals surface area contributed by atoms with E-state index >= 15 is 4.39 Å². The molecular weight excluding hydrogens is 635 g/mol. The molecule has 2 bridgehead atoms. The highest BCUT2D eigenvalue weighted by atomic mass is 35.5. The molecule has 5 aliphatic rings. The van der Waals surface area contributed by atoms with Crippen molar-refractivity contribution in [1.82, 2.24) is 25.2 Å². The highest BCUT2D eigenvalue weighted by Gasteiger charge is 2.53. The molecule has 13 heteroatoms. The van der Waals surface area contributed by atoms with Crippen LogP contribution in [-0.4, -0.2) is 69.8 Å². The first-order chi connectivity index (χ1) is 22.3. The third kappa shape index (κ3) is 4.43. The summed E-state index contributed by atoms with van der Waals surface area (Å²) in [6.45, 7) is 3.20. The van der Waals surface area contributed by atoms with E-state index in [1.54, 1.807) is 6.07 Å². The summed E-state index contributed by atoms with van der Waals surface area (Å²) in [6, 6.07) is 4.84. The number of nitrogen functional groups attached to an aromatic ring is 1. The van der Waals surface area contributed by atoms with Crippen LogP contribution in [0.4, 0.5) is 24.1 Å². The molecule has 4 aliphatic heterocycles. The molecule has 240 valence electrons. The largest absolute Gasteiger partial charge is 0.461 e. The van der Waals surface area contributed by atoms with Gasteiger partial charge in [-0.1, -0.05) is 22.9 Å². The van der Waals surface area contributed by atoms with E-state index in [0.717, 1.165) is 62.2 Å². The van der Waals surface area contributed by atoms with Crippen molar-refractivity contribution in [2.45, 2.75) is 62.1 Å². The van der Waals surface area contributed by atoms with E-state index in [0.29, 0.717) is 48.0 Å². The number of benzene rings is 2. The van der Waals surface area contributed by atoms with Crippen molar-refractivity contribution in [3.8, 4) is 17.1 Å². The molecule has 4 saturated heterocycles. The summed E-state index contributed by atoms with van der Waals surface area (Å²) in [5.74, 6) is 0.0655. The molecule has 2 aromatic heterocycles.